The van der Waals surface area contributed by atoms with Gasteiger partial charge in [0.1, 0.15) is 5.82 Å². The van der Waals surface area contributed by atoms with Crippen LogP contribution in [-0.4, -0.2) is 59.4 Å². The summed E-state index contributed by atoms with van der Waals surface area (Å²) < 4.78 is 13.0. The van der Waals surface area contributed by atoms with Crippen LogP contribution in [-0.2, 0) is 0 Å². The maximum absolute atomic E-state index is 13.0. The lowest BCUT2D eigenvalue weighted by Crippen LogP contribution is -2.51. The fourth-order valence-electron chi connectivity index (χ4n) is 2.65. The number of aromatic amines is 1. The molecule has 0 unspecified atom stereocenters. The Labute approximate surface area is 159 Å². The van der Waals surface area contributed by atoms with Gasteiger partial charge in [-0.3, -0.25) is 5.10 Å². The number of rotatable bonds is 6. The van der Waals surface area contributed by atoms with Crippen LogP contribution in [0.2, 0.25) is 0 Å². The first-order valence-corrected chi connectivity index (χ1v) is 8.68. The average molecular weight is 386 g/mol. The van der Waals surface area contributed by atoms with Crippen LogP contribution in [0.4, 0.5) is 28.1 Å². The van der Waals surface area contributed by atoms with Crippen molar-refractivity contribution in [2.45, 2.75) is 26.0 Å². The number of H-pyrrole nitrogens is 1. The molecule has 28 heavy (non-hydrogen) atoms. The van der Waals surface area contributed by atoms with Crippen LogP contribution >= 0.6 is 0 Å². The van der Waals surface area contributed by atoms with Crippen molar-refractivity contribution in [1.29, 1.82) is 0 Å². The first-order valence-electron chi connectivity index (χ1n) is 8.68. The third-order valence-electron chi connectivity index (χ3n) is 4.09. The summed E-state index contributed by atoms with van der Waals surface area (Å²) >= 11 is 0. The predicted octanol–water partition coefficient (Wildman–Crippen LogP) is 0.930. The van der Waals surface area contributed by atoms with E-state index in [0.717, 1.165) is 18.1 Å². The third-order valence-corrected chi connectivity index (χ3v) is 4.09. The Morgan fingerprint density at radius 3 is 2.57 bits per heavy atom. The highest BCUT2D eigenvalue weighted by atomic mass is 19.1. The van der Waals surface area contributed by atoms with E-state index in [2.05, 4.69) is 45.8 Å². The van der Waals surface area contributed by atoms with Crippen LogP contribution in [0.5, 0.6) is 0 Å². The van der Waals surface area contributed by atoms with Crippen LogP contribution < -0.4 is 15.5 Å². The lowest BCUT2D eigenvalue weighted by molar-refractivity contribution is 0.140. The number of hydrogen-bond donors (Lipinski definition) is 4. The molecular formula is C16H19FN10O. The van der Waals surface area contributed by atoms with Crippen molar-refractivity contribution in [2.24, 2.45) is 0 Å². The number of aliphatic hydroxyl groups excluding tert-OH is 1. The summed E-state index contributed by atoms with van der Waals surface area (Å²) in [6.45, 7) is 4.59. The second-order valence-corrected chi connectivity index (χ2v) is 6.53. The van der Waals surface area contributed by atoms with Crippen molar-refractivity contribution in [3.8, 4) is 0 Å². The number of hydrogen-bond acceptors (Lipinski definition) is 10. The molecule has 4 rings (SSSR count). The monoisotopic (exact) mass is 386 g/mol. The Bertz CT molecular complexity index is 956. The summed E-state index contributed by atoms with van der Waals surface area (Å²) in [6, 6.07) is 1.46. The van der Waals surface area contributed by atoms with Crippen molar-refractivity contribution in [2.75, 3.05) is 28.6 Å². The van der Waals surface area contributed by atoms with E-state index in [1.165, 1.54) is 0 Å². The van der Waals surface area contributed by atoms with E-state index in [9.17, 15) is 9.50 Å². The van der Waals surface area contributed by atoms with Crippen molar-refractivity contribution in [3.05, 3.63) is 35.8 Å². The fraction of sp³-hybridized carbons (Fsp3) is 0.375. The summed E-state index contributed by atoms with van der Waals surface area (Å²) in [4.78, 5) is 22.9. The molecule has 0 aliphatic carbocycles. The highest BCUT2D eigenvalue weighted by Crippen LogP contribution is 2.22. The van der Waals surface area contributed by atoms with Gasteiger partial charge in [-0.05, 0) is 13.8 Å². The normalized spacial score (nSPS) is 15.2. The van der Waals surface area contributed by atoms with Crippen LogP contribution in [0, 0.1) is 12.7 Å². The largest absolute Gasteiger partial charge is 0.389 e. The Morgan fingerprint density at radius 1 is 1.21 bits per heavy atom. The van der Waals surface area contributed by atoms with Crippen molar-refractivity contribution in [1.82, 2.24) is 35.1 Å². The minimum absolute atomic E-state index is 0.293. The standard InChI is InChI=1S/C16H19FN10O/c1-8-3-12(26-25-8)21-15-22-14(23-16(24-15)27-6-11(28)7-27)20-9(2)13-18-4-10(17)5-19-13/h3-5,9,11,28H,6-7H2,1-2H3,(H3,20,21,22,23,24,25,26)/t9-/m0/s1. The molecule has 0 saturated carbocycles. The quantitative estimate of drug-likeness (QED) is 0.483. The number of halogens is 1. The van der Waals surface area contributed by atoms with Gasteiger partial charge in [0, 0.05) is 24.8 Å². The lowest BCUT2D eigenvalue weighted by atomic mass is 10.2. The molecular weight excluding hydrogens is 367 g/mol. The molecule has 1 atom stereocenters. The minimum atomic E-state index is -0.504. The van der Waals surface area contributed by atoms with Crippen LogP contribution in [0.1, 0.15) is 24.5 Å². The smallest absolute Gasteiger partial charge is 0.235 e. The number of anilines is 4. The molecule has 4 heterocycles. The molecule has 0 radical (unpaired) electrons. The van der Waals surface area contributed by atoms with Gasteiger partial charge in [-0.25, -0.2) is 14.4 Å². The molecule has 1 saturated heterocycles. The van der Waals surface area contributed by atoms with Gasteiger partial charge < -0.3 is 20.6 Å². The summed E-state index contributed by atoms with van der Waals surface area (Å²) in [5.74, 6) is 1.48. The maximum atomic E-state index is 13.0. The number of nitrogens with zero attached hydrogens (tertiary/aromatic N) is 7. The molecule has 0 spiro atoms. The van der Waals surface area contributed by atoms with E-state index in [4.69, 9.17) is 0 Å². The highest BCUT2D eigenvalue weighted by Gasteiger charge is 2.28. The van der Waals surface area contributed by atoms with Crippen molar-refractivity contribution in [3.63, 3.8) is 0 Å². The molecule has 1 fully saturated rings. The van der Waals surface area contributed by atoms with E-state index in [1.807, 2.05) is 24.8 Å². The highest BCUT2D eigenvalue weighted by molar-refractivity contribution is 5.53. The van der Waals surface area contributed by atoms with E-state index in [1.54, 1.807) is 0 Å². The van der Waals surface area contributed by atoms with Gasteiger partial charge in [0.25, 0.3) is 0 Å². The molecule has 0 aromatic carbocycles. The first kappa shape index (κ1) is 18.0. The molecule has 1 aliphatic heterocycles. The summed E-state index contributed by atoms with van der Waals surface area (Å²) in [5.41, 5.74) is 0.892. The Hall–Kier alpha value is -3.41. The molecule has 0 bridgehead atoms. The molecule has 12 heteroatoms. The number of β-amino-alcohol motifs (C(OH)–C–C–N with tert-alkyl or cyclic N) is 1. The summed E-state index contributed by atoms with van der Waals surface area (Å²) in [7, 11) is 0. The zero-order valence-electron chi connectivity index (χ0n) is 15.3. The molecule has 3 aromatic heterocycles. The fourth-order valence-corrected chi connectivity index (χ4v) is 2.65. The van der Waals surface area contributed by atoms with Crippen molar-refractivity contribution >= 4 is 23.7 Å². The Morgan fingerprint density at radius 2 is 1.93 bits per heavy atom. The molecule has 0 amide bonds. The van der Waals surface area contributed by atoms with Gasteiger partial charge >= 0.3 is 0 Å². The zero-order chi connectivity index (χ0) is 19.7. The number of aryl methyl sites for hydroxylation is 1. The second-order valence-electron chi connectivity index (χ2n) is 6.53. The van der Waals surface area contributed by atoms with Gasteiger partial charge in [-0.1, -0.05) is 0 Å². The third kappa shape index (κ3) is 3.96. The zero-order valence-corrected chi connectivity index (χ0v) is 15.3. The first-order chi connectivity index (χ1) is 13.5. The SMILES string of the molecule is Cc1cc(Nc2nc(N[C@@H](C)c3ncc(F)cn3)nc(N3CC(O)C3)n2)n[nH]1. The molecule has 146 valence electrons. The van der Waals surface area contributed by atoms with E-state index < -0.39 is 11.9 Å². The average Bonchev–Trinajstić information content (AvgIpc) is 3.04. The van der Waals surface area contributed by atoms with Gasteiger partial charge in [0.2, 0.25) is 17.8 Å². The topological polar surface area (TPSA) is 141 Å². The lowest BCUT2D eigenvalue weighted by Gasteiger charge is -2.35. The maximum Gasteiger partial charge on any atom is 0.235 e. The van der Waals surface area contributed by atoms with E-state index in [0.29, 0.717) is 42.6 Å². The van der Waals surface area contributed by atoms with Gasteiger partial charge in [0.15, 0.2) is 11.6 Å². The predicted molar refractivity (Wildman–Crippen MR) is 98.7 cm³/mol. The minimum Gasteiger partial charge on any atom is -0.389 e. The number of aromatic nitrogens is 7. The molecule has 11 nitrogen and oxygen atoms in total. The summed E-state index contributed by atoms with van der Waals surface area (Å²) in [6.07, 6.45) is 1.81. The van der Waals surface area contributed by atoms with Crippen LogP contribution in [0.3, 0.4) is 0 Å². The molecule has 4 N–H and O–H groups in total. The number of nitrogens with one attached hydrogen (secondary N) is 3. The van der Waals surface area contributed by atoms with E-state index >= 15 is 0 Å². The van der Waals surface area contributed by atoms with Gasteiger partial charge in [-0.2, -0.15) is 20.1 Å². The number of aliphatic hydroxyl groups is 1. The van der Waals surface area contributed by atoms with E-state index in [-0.39, 0.29) is 6.04 Å². The van der Waals surface area contributed by atoms with Gasteiger partial charge in [0.05, 0.1) is 24.5 Å². The van der Waals surface area contributed by atoms with Crippen molar-refractivity contribution < 1.29 is 9.50 Å². The molecule has 3 aromatic rings. The van der Waals surface area contributed by atoms with Crippen LogP contribution in [0.25, 0.3) is 0 Å². The summed E-state index contributed by atoms with van der Waals surface area (Å²) in [5, 5.41) is 22.6. The molecule has 1 aliphatic rings. The Kier molecular flexibility index (Phi) is 4.69. The van der Waals surface area contributed by atoms with Crippen LogP contribution in [0.15, 0.2) is 18.5 Å². The second kappa shape index (κ2) is 7.31. The Balaban J connectivity index is 1.58. The van der Waals surface area contributed by atoms with Gasteiger partial charge in [-0.15, -0.1) is 0 Å².